The number of aryl methyl sites for hydroxylation is 1. The van der Waals surface area contributed by atoms with Crippen molar-refractivity contribution in [3.05, 3.63) is 69.8 Å². The fraction of sp³-hybridized carbons (Fsp3) is 0.375. The first-order chi connectivity index (χ1) is 15.1. The second kappa shape index (κ2) is 9.99. The molecular weight excluding hydrogens is 408 g/mol. The van der Waals surface area contributed by atoms with Gasteiger partial charge in [-0.2, -0.15) is 17.0 Å². The van der Waals surface area contributed by atoms with Crippen LogP contribution in [0, 0.1) is 18.3 Å². The Balaban J connectivity index is 1.31. The van der Waals surface area contributed by atoms with Crippen molar-refractivity contribution in [3.63, 3.8) is 0 Å². The molecule has 160 valence electrons. The number of thioether (sulfide) groups is 1. The smallest absolute Gasteiger partial charge is 0.258 e. The first-order valence-corrected chi connectivity index (χ1v) is 11.6. The number of rotatable bonds is 7. The number of nitrogens with zero attached hydrogens (tertiary/aromatic N) is 3. The zero-order valence-corrected chi connectivity index (χ0v) is 18.5. The summed E-state index contributed by atoms with van der Waals surface area (Å²) in [6.07, 6.45) is 2.20. The predicted octanol–water partition coefficient (Wildman–Crippen LogP) is 4.03. The molecule has 0 amide bonds. The number of benzene rings is 2. The maximum Gasteiger partial charge on any atom is 0.258 e. The molecule has 0 bridgehead atoms. The van der Waals surface area contributed by atoms with Crippen LogP contribution in [0.1, 0.15) is 29.8 Å². The summed E-state index contributed by atoms with van der Waals surface area (Å²) < 4.78 is 5.56. The lowest BCUT2D eigenvalue weighted by Gasteiger charge is -2.32. The maximum absolute atomic E-state index is 12.4. The van der Waals surface area contributed by atoms with E-state index < -0.39 is 0 Å². The van der Waals surface area contributed by atoms with Gasteiger partial charge < -0.3 is 9.72 Å². The molecule has 0 saturated carbocycles. The highest BCUT2D eigenvalue weighted by atomic mass is 32.2. The Labute approximate surface area is 186 Å². The first kappa shape index (κ1) is 21.4. The van der Waals surface area contributed by atoms with E-state index in [2.05, 4.69) is 16.0 Å². The van der Waals surface area contributed by atoms with E-state index in [0.717, 1.165) is 66.4 Å². The second-order valence-electron chi connectivity index (χ2n) is 7.82. The van der Waals surface area contributed by atoms with Crippen LogP contribution in [-0.4, -0.2) is 39.8 Å². The molecule has 6 nitrogen and oxygen atoms in total. The number of piperidine rings is 1. The van der Waals surface area contributed by atoms with E-state index in [9.17, 15) is 4.79 Å². The SMILES string of the molecule is Cc1cccc2c(=O)[nH]c(CSC3CCN(Cc4ccccc4OCC#N)CC3)nc12. The number of nitriles is 1. The van der Waals surface area contributed by atoms with E-state index in [-0.39, 0.29) is 12.2 Å². The van der Waals surface area contributed by atoms with Crippen molar-refractivity contribution in [2.75, 3.05) is 19.7 Å². The van der Waals surface area contributed by atoms with Crippen molar-refractivity contribution in [2.24, 2.45) is 0 Å². The standard InChI is InChI=1S/C24H26N4O2S/c1-17-5-4-7-20-23(17)26-22(27-24(20)29)16-31-19-9-12-28(13-10-19)15-18-6-2-3-8-21(18)30-14-11-25/h2-8,19H,9-10,12-16H2,1H3,(H,26,27,29). The third-order valence-electron chi connectivity index (χ3n) is 5.64. The van der Waals surface area contributed by atoms with Gasteiger partial charge in [-0.05, 0) is 50.6 Å². The number of H-pyrrole nitrogens is 1. The average molecular weight is 435 g/mol. The molecule has 3 aromatic rings. The minimum atomic E-state index is -0.0589. The third-order valence-corrected chi connectivity index (χ3v) is 7.02. The van der Waals surface area contributed by atoms with Gasteiger partial charge in [-0.25, -0.2) is 4.98 Å². The molecule has 1 saturated heterocycles. The lowest BCUT2D eigenvalue weighted by Crippen LogP contribution is -2.34. The lowest BCUT2D eigenvalue weighted by atomic mass is 10.1. The third kappa shape index (κ3) is 5.27. The molecule has 7 heteroatoms. The van der Waals surface area contributed by atoms with Gasteiger partial charge in [0.2, 0.25) is 0 Å². The number of aromatic nitrogens is 2. The molecule has 1 fully saturated rings. The van der Waals surface area contributed by atoms with E-state index >= 15 is 0 Å². The molecule has 0 atom stereocenters. The zero-order valence-electron chi connectivity index (χ0n) is 17.6. The Bertz CT molecular complexity index is 1150. The molecule has 0 unspecified atom stereocenters. The Morgan fingerprint density at radius 3 is 2.84 bits per heavy atom. The molecule has 0 radical (unpaired) electrons. The summed E-state index contributed by atoms with van der Waals surface area (Å²) in [7, 11) is 0. The molecular formula is C24H26N4O2S. The number of para-hydroxylation sites is 2. The number of nitrogens with one attached hydrogen (secondary N) is 1. The summed E-state index contributed by atoms with van der Waals surface area (Å²) in [5.74, 6) is 2.26. The molecule has 0 spiro atoms. The summed E-state index contributed by atoms with van der Waals surface area (Å²) in [4.78, 5) is 22.5. The van der Waals surface area contributed by atoms with E-state index in [1.54, 1.807) is 0 Å². The van der Waals surface area contributed by atoms with Crippen LogP contribution in [0.25, 0.3) is 10.9 Å². The molecule has 0 aliphatic carbocycles. The normalized spacial score (nSPS) is 15.1. The highest BCUT2D eigenvalue weighted by Crippen LogP contribution is 2.28. The van der Waals surface area contributed by atoms with Gasteiger partial charge in [-0.1, -0.05) is 30.3 Å². The number of fused-ring (bicyclic) bond motifs is 1. The summed E-state index contributed by atoms with van der Waals surface area (Å²) in [6.45, 7) is 4.93. The summed E-state index contributed by atoms with van der Waals surface area (Å²) in [5, 5.41) is 9.98. The van der Waals surface area contributed by atoms with Gasteiger partial charge in [0.15, 0.2) is 6.61 Å². The van der Waals surface area contributed by atoms with Crippen LogP contribution in [0.15, 0.2) is 47.3 Å². The average Bonchev–Trinajstić information content (AvgIpc) is 2.79. The molecule has 31 heavy (non-hydrogen) atoms. The van der Waals surface area contributed by atoms with Crippen LogP contribution in [0.3, 0.4) is 0 Å². The van der Waals surface area contributed by atoms with Crippen molar-refractivity contribution in [2.45, 2.75) is 37.3 Å². The fourth-order valence-electron chi connectivity index (χ4n) is 3.98. The molecule has 4 rings (SSSR count). The van der Waals surface area contributed by atoms with Crippen molar-refractivity contribution in [1.29, 1.82) is 5.26 Å². The minimum Gasteiger partial charge on any atom is -0.478 e. The second-order valence-corrected chi connectivity index (χ2v) is 9.11. The monoisotopic (exact) mass is 434 g/mol. The van der Waals surface area contributed by atoms with Crippen molar-refractivity contribution in [3.8, 4) is 11.8 Å². The lowest BCUT2D eigenvalue weighted by molar-refractivity contribution is 0.221. The zero-order chi connectivity index (χ0) is 21.6. The fourth-order valence-corrected chi connectivity index (χ4v) is 5.05. The molecule has 2 aromatic carbocycles. The van der Waals surface area contributed by atoms with Gasteiger partial charge in [-0.15, -0.1) is 0 Å². The van der Waals surface area contributed by atoms with Gasteiger partial charge in [0.05, 0.1) is 16.7 Å². The number of hydrogen-bond donors (Lipinski definition) is 1. The van der Waals surface area contributed by atoms with Crippen LogP contribution in [0.5, 0.6) is 5.75 Å². The molecule has 2 heterocycles. The van der Waals surface area contributed by atoms with Crippen LogP contribution >= 0.6 is 11.8 Å². The molecule has 1 aliphatic heterocycles. The van der Waals surface area contributed by atoms with E-state index in [0.29, 0.717) is 10.6 Å². The van der Waals surface area contributed by atoms with Crippen LogP contribution in [-0.2, 0) is 12.3 Å². The summed E-state index contributed by atoms with van der Waals surface area (Å²) >= 11 is 1.88. The van der Waals surface area contributed by atoms with Gasteiger partial charge in [-0.3, -0.25) is 9.69 Å². The quantitative estimate of drug-likeness (QED) is 0.605. The Morgan fingerprint density at radius 2 is 2.03 bits per heavy atom. The van der Waals surface area contributed by atoms with Crippen molar-refractivity contribution in [1.82, 2.24) is 14.9 Å². The van der Waals surface area contributed by atoms with Gasteiger partial charge in [0.1, 0.15) is 17.6 Å². The highest BCUT2D eigenvalue weighted by Gasteiger charge is 2.21. The molecule has 1 aliphatic rings. The summed E-state index contributed by atoms with van der Waals surface area (Å²) in [6, 6.07) is 15.7. The number of ether oxygens (including phenoxy) is 1. The Kier molecular flexibility index (Phi) is 6.90. The van der Waals surface area contributed by atoms with E-state index in [1.807, 2.05) is 61.2 Å². The first-order valence-electron chi connectivity index (χ1n) is 10.5. The van der Waals surface area contributed by atoms with E-state index in [4.69, 9.17) is 15.0 Å². The van der Waals surface area contributed by atoms with Gasteiger partial charge in [0.25, 0.3) is 5.56 Å². The van der Waals surface area contributed by atoms with Gasteiger partial charge >= 0.3 is 0 Å². The minimum absolute atomic E-state index is 0.0589. The van der Waals surface area contributed by atoms with Gasteiger partial charge in [0, 0.05) is 17.4 Å². The Morgan fingerprint density at radius 1 is 1.23 bits per heavy atom. The van der Waals surface area contributed by atoms with Crippen LogP contribution in [0.2, 0.25) is 0 Å². The largest absolute Gasteiger partial charge is 0.478 e. The van der Waals surface area contributed by atoms with Crippen molar-refractivity contribution < 1.29 is 4.74 Å². The maximum atomic E-state index is 12.4. The number of likely N-dealkylation sites (tertiary alicyclic amines) is 1. The topological polar surface area (TPSA) is 82.0 Å². The predicted molar refractivity (Wildman–Crippen MR) is 124 cm³/mol. The Hall–Kier alpha value is -2.82. The van der Waals surface area contributed by atoms with Crippen LogP contribution in [0.4, 0.5) is 0 Å². The molecule has 1 N–H and O–H groups in total. The summed E-state index contributed by atoms with van der Waals surface area (Å²) in [5.41, 5.74) is 2.89. The van der Waals surface area contributed by atoms with E-state index in [1.165, 1.54) is 0 Å². The van der Waals surface area contributed by atoms with Crippen LogP contribution < -0.4 is 10.3 Å². The molecule has 1 aromatic heterocycles. The highest BCUT2D eigenvalue weighted by molar-refractivity contribution is 7.99. The van der Waals surface area contributed by atoms with Crippen molar-refractivity contribution >= 4 is 22.7 Å². The number of aromatic amines is 1. The number of hydrogen-bond acceptors (Lipinski definition) is 6.